The van der Waals surface area contributed by atoms with Crippen molar-refractivity contribution in [1.82, 2.24) is 15.0 Å². The lowest BCUT2D eigenvalue weighted by molar-refractivity contribution is -0.121. The molecule has 7 heteroatoms. The first kappa shape index (κ1) is 18.4. The molecular weight excluding hydrogens is 342 g/mol. The second kappa shape index (κ2) is 8.35. The molecule has 0 unspecified atom stereocenters. The van der Waals surface area contributed by atoms with Crippen molar-refractivity contribution in [2.24, 2.45) is 5.10 Å². The van der Waals surface area contributed by atoms with Crippen LogP contribution in [0, 0.1) is 0 Å². The number of para-hydroxylation sites is 2. The van der Waals surface area contributed by atoms with Crippen LogP contribution in [-0.2, 0) is 11.3 Å². The van der Waals surface area contributed by atoms with E-state index in [1.165, 1.54) is 6.21 Å². The third kappa shape index (κ3) is 4.25. The van der Waals surface area contributed by atoms with Crippen molar-refractivity contribution >= 4 is 28.8 Å². The number of amides is 1. The predicted molar refractivity (Wildman–Crippen MR) is 107 cm³/mol. The number of imidazole rings is 1. The van der Waals surface area contributed by atoms with E-state index in [1.54, 1.807) is 23.0 Å². The molecule has 0 atom stereocenters. The van der Waals surface area contributed by atoms with Crippen LogP contribution in [0.2, 0.25) is 0 Å². The van der Waals surface area contributed by atoms with Crippen LogP contribution in [0.1, 0.15) is 19.4 Å². The number of benzene rings is 2. The van der Waals surface area contributed by atoms with E-state index in [0.717, 1.165) is 29.8 Å². The third-order valence-corrected chi connectivity index (χ3v) is 4.38. The van der Waals surface area contributed by atoms with E-state index in [9.17, 15) is 9.90 Å². The normalized spacial score (nSPS) is 11.2. The topological polar surface area (TPSA) is 82.8 Å². The zero-order valence-corrected chi connectivity index (χ0v) is 15.5. The van der Waals surface area contributed by atoms with Gasteiger partial charge in [-0.05, 0) is 38.1 Å². The number of fused-ring (bicyclic) bond motifs is 1. The number of nitrogens with one attached hydrogen (secondary N) is 1. The summed E-state index contributed by atoms with van der Waals surface area (Å²) in [6, 6.07) is 13.0. The Morgan fingerprint density at radius 2 is 2.04 bits per heavy atom. The van der Waals surface area contributed by atoms with Crippen LogP contribution in [0.3, 0.4) is 0 Å². The molecule has 0 bridgehead atoms. The largest absolute Gasteiger partial charge is 0.507 e. The molecule has 3 aromatic rings. The third-order valence-electron chi connectivity index (χ3n) is 4.38. The summed E-state index contributed by atoms with van der Waals surface area (Å²) < 4.78 is 1.76. The number of aromatic hydroxyl groups is 1. The highest BCUT2D eigenvalue weighted by molar-refractivity contribution is 5.86. The molecule has 1 aromatic heterocycles. The molecule has 140 valence electrons. The Labute approximate surface area is 157 Å². The second-order valence-electron chi connectivity index (χ2n) is 6.07. The first-order valence-electron chi connectivity index (χ1n) is 8.92. The van der Waals surface area contributed by atoms with Gasteiger partial charge in [0.2, 0.25) is 0 Å². The number of nitrogens with zero attached hydrogens (tertiary/aromatic N) is 4. The molecule has 0 saturated heterocycles. The number of aromatic nitrogens is 2. The van der Waals surface area contributed by atoms with Gasteiger partial charge in [-0.2, -0.15) is 5.10 Å². The van der Waals surface area contributed by atoms with Crippen molar-refractivity contribution in [1.29, 1.82) is 0 Å². The van der Waals surface area contributed by atoms with Crippen molar-refractivity contribution in [2.75, 3.05) is 18.0 Å². The quantitative estimate of drug-likeness (QED) is 0.498. The molecule has 0 saturated carbocycles. The van der Waals surface area contributed by atoms with Gasteiger partial charge in [-0.25, -0.2) is 10.4 Å². The predicted octanol–water partition coefficient (Wildman–Crippen LogP) is 2.74. The average molecular weight is 365 g/mol. The molecule has 27 heavy (non-hydrogen) atoms. The Kier molecular flexibility index (Phi) is 5.71. The molecule has 0 spiro atoms. The van der Waals surface area contributed by atoms with Gasteiger partial charge in [0.25, 0.3) is 5.91 Å². The standard InChI is InChI=1S/C20H23N5O2/c1-3-24(4-2)16-10-9-15(19(26)11-16)12-22-23-20(27)13-25-14-21-17-7-5-6-8-18(17)25/h5-12,14,26H,3-4,13H2,1-2H3,(H,23,27)/b22-12-. The monoisotopic (exact) mass is 365 g/mol. The zero-order valence-electron chi connectivity index (χ0n) is 15.5. The summed E-state index contributed by atoms with van der Waals surface area (Å²) in [5.41, 5.74) is 5.70. The summed E-state index contributed by atoms with van der Waals surface area (Å²) in [5, 5.41) is 14.1. The molecule has 3 rings (SSSR count). The van der Waals surface area contributed by atoms with Gasteiger partial charge >= 0.3 is 0 Å². The maximum Gasteiger partial charge on any atom is 0.260 e. The lowest BCUT2D eigenvalue weighted by atomic mass is 10.2. The maximum absolute atomic E-state index is 12.1. The first-order chi connectivity index (χ1) is 13.1. The summed E-state index contributed by atoms with van der Waals surface area (Å²) in [4.78, 5) is 18.5. The minimum Gasteiger partial charge on any atom is -0.507 e. The van der Waals surface area contributed by atoms with Crippen LogP contribution >= 0.6 is 0 Å². The molecule has 1 amide bonds. The lowest BCUT2D eigenvalue weighted by Crippen LogP contribution is -2.23. The maximum atomic E-state index is 12.1. The van der Waals surface area contributed by atoms with E-state index in [0.29, 0.717) is 5.56 Å². The Bertz CT molecular complexity index is 960. The van der Waals surface area contributed by atoms with E-state index < -0.39 is 0 Å². The molecule has 0 aliphatic carbocycles. The number of carbonyl (C=O) groups is 1. The van der Waals surface area contributed by atoms with Crippen LogP contribution in [0.4, 0.5) is 5.69 Å². The Morgan fingerprint density at radius 3 is 2.78 bits per heavy atom. The number of rotatable bonds is 7. The van der Waals surface area contributed by atoms with E-state index in [1.807, 2.05) is 30.3 Å². The van der Waals surface area contributed by atoms with Crippen LogP contribution < -0.4 is 10.3 Å². The average Bonchev–Trinajstić information content (AvgIpc) is 3.07. The van der Waals surface area contributed by atoms with Gasteiger partial charge in [-0.1, -0.05) is 12.1 Å². The zero-order chi connectivity index (χ0) is 19.2. The fourth-order valence-corrected chi connectivity index (χ4v) is 2.93. The highest BCUT2D eigenvalue weighted by atomic mass is 16.3. The molecule has 0 aliphatic heterocycles. The van der Waals surface area contributed by atoms with Crippen LogP contribution in [0.15, 0.2) is 53.9 Å². The van der Waals surface area contributed by atoms with Crippen molar-refractivity contribution in [2.45, 2.75) is 20.4 Å². The fraction of sp³-hybridized carbons (Fsp3) is 0.250. The number of anilines is 1. The number of hydrogen-bond acceptors (Lipinski definition) is 5. The van der Waals surface area contributed by atoms with Crippen molar-refractivity contribution < 1.29 is 9.90 Å². The van der Waals surface area contributed by atoms with Gasteiger partial charge in [0.05, 0.1) is 23.6 Å². The van der Waals surface area contributed by atoms with Crippen LogP contribution in [0.5, 0.6) is 5.75 Å². The molecule has 0 fully saturated rings. The molecule has 7 nitrogen and oxygen atoms in total. The summed E-state index contributed by atoms with van der Waals surface area (Å²) in [6.45, 7) is 5.97. The van der Waals surface area contributed by atoms with Crippen molar-refractivity contribution in [3.63, 3.8) is 0 Å². The Balaban J connectivity index is 1.62. The highest BCUT2D eigenvalue weighted by Gasteiger charge is 2.07. The van der Waals surface area contributed by atoms with Crippen molar-refractivity contribution in [3.8, 4) is 5.75 Å². The van der Waals surface area contributed by atoms with Gasteiger partial charge in [0.15, 0.2) is 0 Å². The van der Waals surface area contributed by atoms with E-state index >= 15 is 0 Å². The minimum absolute atomic E-state index is 0.116. The van der Waals surface area contributed by atoms with E-state index in [2.05, 4.69) is 34.3 Å². The summed E-state index contributed by atoms with van der Waals surface area (Å²) in [7, 11) is 0. The Hall–Kier alpha value is -3.35. The number of hydrogen-bond donors (Lipinski definition) is 2. The lowest BCUT2D eigenvalue weighted by Gasteiger charge is -2.21. The molecule has 0 aliphatic rings. The molecule has 2 N–H and O–H groups in total. The van der Waals surface area contributed by atoms with Crippen LogP contribution in [-0.4, -0.2) is 39.9 Å². The second-order valence-corrected chi connectivity index (χ2v) is 6.07. The van der Waals surface area contributed by atoms with Crippen molar-refractivity contribution in [3.05, 3.63) is 54.4 Å². The fourth-order valence-electron chi connectivity index (χ4n) is 2.93. The molecule has 1 heterocycles. The number of hydrazone groups is 1. The van der Waals surface area contributed by atoms with Gasteiger partial charge in [-0.15, -0.1) is 0 Å². The Morgan fingerprint density at radius 1 is 1.26 bits per heavy atom. The highest BCUT2D eigenvalue weighted by Crippen LogP contribution is 2.23. The summed E-state index contributed by atoms with van der Waals surface area (Å²) in [6.07, 6.45) is 3.07. The van der Waals surface area contributed by atoms with Gasteiger partial charge < -0.3 is 14.6 Å². The molecular formula is C20H23N5O2. The smallest absolute Gasteiger partial charge is 0.260 e. The summed E-state index contributed by atoms with van der Waals surface area (Å²) >= 11 is 0. The SMILES string of the molecule is CCN(CC)c1ccc(/C=N\NC(=O)Cn2cnc3ccccc32)c(O)c1. The van der Waals surface area contributed by atoms with Gasteiger partial charge in [0, 0.05) is 30.4 Å². The summed E-state index contributed by atoms with van der Waals surface area (Å²) in [5.74, 6) is -0.147. The van der Waals surface area contributed by atoms with E-state index in [4.69, 9.17) is 0 Å². The molecule has 0 radical (unpaired) electrons. The molecule has 2 aromatic carbocycles. The van der Waals surface area contributed by atoms with Gasteiger partial charge in [-0.3, -0.25) is 4.79 Å². The number of phenolic OH excluding ortho intramolecular Hbond substituents is 1. The number of carbonyl (C=O) groups excluding carboxylic acids is 1. The van der Waals surface area contributed by atoms with Gasteiger partial charge in [0.1, 0.15) is 12.3 Å². The van der Waals surface area contributed by atoms with Crippen LogP contribution in [0.25, 0.3) is 11.0 Å². The van der Waals surface area contributed by atoms with E-state index in [-0.39, 0.29) is 18.2 Å². The minimum atomic E-state index is -0.270. The first-order valence-corrected chi connectivity index (χ1v) is 8.92. The number of phenols is 1.